The molecule has 0 unspecified atom stereocenters. The molecule has 0 aliphatic carbocycles. The van der Waals surface area contributed by atoms with Crippen LogP contribution >= 0.6 is 0 Å². The van der Waals surface area contributed by atoms with E-state index in [4.69, 9.17) is 47.4 Å². The van der Waals surface area contributed by atoms with Crippen LogP contribution in [0.1, 0.15) is 40.5 Å². The van der Waals surface area contributed by atoms with E-state index in [1.165, 1.54) is 0 Å². The number of aliphatic hydroxyl groups is 19. The predicted molar refractivity (Wildman–Crippen MR) is 282 cm³/mol. The van der Waals surface area contributed by atoms with Crippen LogP contribution < -0.4 is 21.3 Å². The molecule has 0 aromatic rings. The summed E-state index contributed by atoms with van der Waals surface area (Å²) in [4.78, 5) is 75.7. The summed E-state index contributed by atoms with van der Waals surface area (Å²) in [5.74, 6) is -14.4. The number of aliphatic carboxylic acids is 2. The second kappa shape index (κ2) is 33.4. The molecule has 0 aromatic carbocycles. The second-order valence-electron chi connectivity index (χ2n) is 22.4. The molecule has 5 aliphatic heterocycles. The van der Waals surface area contributed by atoms with Gasteiger partial charge in [0.05, 0.1) is 76.6 Å². The molecule has 5 aliphatic rings. The van der Waals surface area contributed by atoms with Gasteiger partial charge >= 0.3 is 11.9 Å². The Hall–Kier alpha value is -4.34. The number of nitrogens with one attached hydrogen (secondary N) is 4. The molecule has 41 nitrogen and oxygen atoms in total. The molecular weight excluding hydrogens is 1250 g/mol. The van der Waals surface area contributed by atoms with Crippen molar-refractivity contribution in [3.8, 4) is 0 Å². The third kappa shape index (κ3) is 18.0. The Labute approximate surface area is 515 Å². The largest absolute Gasteiger partial charge is 0.477 e. The summed E-state index contributed by atoms with van der Waals surface area (Å²) < 4.78 is 57.0. The van der Waals surface area contributed by atoms with E-state index in [2.05, 4.69) is 21.3 Å². The van der Waals surface area contributed by atoms with Crippen LogP contribution in [0.4, 0.5) is 0 Å². The number of hydrogen-bond acceptors (Lipinski definition) is 35. The standard InChI is InChI=1S/C50H84N4O37/c1-14(61)51-18(7-55)38(86-45-36(76)42(34(74)25(11-59)84-45)90-49(47(78)79)5-19(65)27(52-15(2)62)40(88-49)30(70)21(67)8-56)32(72)23(69)13-82-44-29(54-17(4)64)39(33(73)24(10-58)83-44)87-46-37(77)43(35(75)26(12-60)85-46)91-50(48(80)81)6-20(66)28(53-16(3)63)41(89-50)31(71)22(68)9-57/h18-46,55-60,65-77H,5-13H2,1-4H3,(H,51,61)(H,52,62)(H,53,63)(H,54,64)(H,78,79)(H,80,81)/t18-,19-,20-,21+,22+,23+,24+,25+,26+,27+,28+,29+,30+,31+,32-,33+,34-,35-,36+,37+,38+,39+,40+,41+,42-,43-,44+,45-,46-,49-,50-/m0/s1. The molecule has 31 atom stereocenters. The molecule has 91 heavy (non-hydrogen) atoms. The molecule has 5 rings (SSSR count). The van der Waals surface area contributed by atoms with Crippen molar-refractivity contribution in [2.45, 2.75) is 229 Å². The van der Waals surface area contributed by atoms with Gasteiger partial charge in [0.15, 0.2) is 18.9 Å². The SMILES string of the molecule is CC(=O)N[C@H]1[C@H](OC[C@@H](O)[C@H](O)[C@H](O[C@@H]2O[C@H](CO)[C@H](O)[C@H](O[C@]3(C(=O)O)C[C@H](O)[C@@H](NC(C)=O)[C@H]([C@H](O)[C@H](O)CO)O3)[C@H]2O)[C@H](CO)NC(C)=O)O[C@H](CO)[C@@H](O)[C@@H]1O[C@@H]1O[C@H](CO)[C@H](O)[C@H](O[C@]2(C(=O)O)C[C@H](O)[C@@H](NC(C)=O)[C@H]([C@H](O)[C@H](O)CO)O2)[C@H]1O. The molecule has 5 heterocycles. The highest BCUT2D eigenvalue weighted by Crippen LogP contribution is 2.41. The highest BCUT2D eigenvalue weighted by molar-refractivity contribution is 5.78. The molecule has 0 spiro atoms. The molecule has 41 heteroatoms. The van der Waals surface area contributed by atoms with Crippen molar-refractivity contribution in [1.82, 2.24) is 21.3 Å². The van der Waals surface area contributed by atoms with Crippen LogP contribution in [-0.4, -0.2) is 378 Å². The third-order valence-corrected chi connectivity index (χ3v) is 15.6. The Morgan fingerprint density at radius 2 is 0.879 bits per heavy atom. The Morgan fingerprint density at radius 3 is 1.25 bits per heavy atom. The summed E-state index contributed by atoms with van der Waals surface area (Å²) in [5, 5.41) is 237. The third-order valence-electron chi connectivity index (χ3n) is 15.6. The van der Waals surface area contributed by atoms with Gasteiger partial charge in [0.2, 0.25) is 23.6 Å². The molecule has 0 bridgehead atoms. The zero-order chi connectivity index (χ0) is 68.5. The minimum absolute atomic E-state index is 0.856. The quantitative estimate of drug-likeness (QED) is 0.0318. The summed E-state index contributed by atoms with van der Waals surface area (Å²) in [5.41, 5.74) is 0. The van der Waals surface area contributed by atoms with Crippen molar-refractivity contribution in [1.29, 1.82) is 0 Å². The van der Waals surface area contributed by atoms with Gasteiger partial charge in [-0.2, -0.15) is 0 Å². The number of carboxylic acid groups (broad SMARTS) is 2. The predicted octanol–water partition coefficient (Wildman–Crippen LogP) is -15.5. The normalized spacial score (nSPS) is 39.8. The van der Waals surface area contributed by atoms with Crippen LogP contribution in [0.2, 0.25) is 0 Å². The van der Waals surface area contributed by atoms with Crippen LogP contribution in [0.15, 0.2) is 0 Å². The number of ether oxygens (including phenoxy) is 10. The van der Waals surface area contributed by atoms with Gasteiger partial charge in [-0.15, -0.1) is 0 Å². The fraction of sp³-hybridized carbons (Fsp3) is 0.880. The summed E-state index contributed by atoms with van der Waals surface area (Å²) in [6, 6.07) is -7.20. The summed E-state index contributed by atoms with van der Waals surface area (Å²) in [6.07, 6.45) is -57.8. The van der Waals surface area contributed by atoms with E-state index in [9.17, 15) is 136 Å². The topological polar surface area (TPSA) is 668 Å². The van der Waals surface area contributed by atoms with Gasteiger partial charge in [0.1, 0.15) is 128 Å². The Bertz CT molecular complexity index is 2390. The van der Waals surface area contributed by atoms with Gasteiger partial charge in [-0.05, 0) is 0 Å². The van der Waals surface area contributed by atoms with Gasteiger partial charge < -0.3 is 176 Å². The number of carbonyl (C=O) groups is 6. The lowest BCUT2D eigenvalue weighted by molar-refractivity contribution is -0.381. The van der Waals surface area contributed by atoms with Crippen LogP contribution in [0.5, 0.6) is 0 Å². The lowest BCUT2D eigenvalue weighted by Crippen LogP contribution is -2.71. The minimum atomic E-state index is -3.27. The van der Waals surface area contributed by atoms with E-state index < -0.39 is 284 Å². The molecule has 4 amide bonds. The van der Waals surface area contributed by atoms with E-state index in [0.29, 0.717) is 0 Å². The summed E-state index contributed by atoms with van der Waals surface area (Å²) >= 11 is 0. The molecule has 0 aromatic heterocycles. The summed E-state index contributed by atoms with van der Waals surface area (Å²) in [7, 11) is 0. The fourth-order valence-corrected chi connectivity index (χ4v) is 11.0. The van der Waals surface area contributed by atoms with Crippen LogP contribution in [-0.2, 0) is 76.1 Å². The smallest absolute Gasteiger partial charge is 0.364 e. The molecule has 0 radical (unpaired) electrons. The molecule has 5 saturated heterocycles. The zero-order valence-corrected chi connectivity index (χ0v) is 49.0. The zero-order valence-electron chi connectivity index (χ0n) is 49.0. The molecule has 0 saturated carbocycles. The van der Waals surface area contributed by atoms with Crippen molar-refractivity contribution in [3.05, 3.63) is 0 Å². The Kier molecular flexibility index (Phi) is 28.4. The number of carbonyl (C=O) groups excluding carboxylic acids is 4. The van der Waals surface area contributed by atoms with Crippen molar-refractivity contribution >= 4 is 35.6 Å². The first kappa shape index (κ1) is 77.4. The van der Waals surface area contributed by atoms with E-state index in [-0.39, 0.29) is 0 Å². The lowest BCUT2D eigenvalue weighted by atomic mass is 9.88. The molecular formula is C50H84N4O37. The van der Waals surface area contributed by atoms with Gasteiger partial charge in [-0.3, -0.25) is 19.2 Å². The second-order valence-corrected chi connectivity index (χ2v) is 22.4. The average molecular weight is 1330 g/mol. The lowest BCUT2D eigenvalue weighted by Gasteiger charge is -2.51. The number of amides is 4. The van der Waals surface area contributed by atoms with Crippen molar-refractivity contribution in [2.75, 3.05) is 46.2 Å². The van der Waals surface area contributed by atoms with Gasteiger partial charge in [-0.1, -0.05) is 0 Å². The maximum atomic E-state index is 13.1. The number of rotatable bonds is 30. The highest BCUT2D eigenvalue weighted by atomic mass is 16.8. The van der Waals surface area contributed by atoms with Crippen molar-refractivity contribution < 1.29 is 183 Å². The number of hydrogen-bond donors (Lipinski definition) is 25. The van der Waals surface area contributed by atoms with E-state index in [1.54, 1.807) is 0 Å². The maximum absolute atomic E-state index is 13.1. The van der Waals surface area contributed by atoms with E-state index >= 15 is 0 Å². The molecule has 526 valence electrons. The van der Waals surface area contributed by atoms with Crippen LogP contribution in [0, 0.1) is 0 Å². The summed E-state index contributed by atoms with van der Waals surface area (Å²) in [6.45, 7) is -4.54. The first-order chi connectivity index (χ1) is 42.6. The first-order valence-electron chi connectivity index (χ1n) is 28.3. The highest BCUT2D eigenvalue weighted by Gasteiger charge is 2.63. The monoisotopic (exact) mass is 1330 g/mol. The minimum Gasteiger partial charge on any atom is -0.477 e. The van der Waals surface area contributed by atoms with Crippen molar-refractivity contribution in [2.24, 2.45) is 0 Å². The van der Waals surface area contributed by atoms with Gasteiger partial charge in [-0.25, -0.2) is 9.59 Å². The Balaban J connectivity index is 1.44. The maximum Gasteiger partial charge on any atom is 0.364 e. The van der Waals surface area contributed by atoms with Crippen molar-refractivity contribution in [3.63, 3.8) is 0 Å². The molecule has 25 N–H and O–H groups in total. The van der Waals surface area contributed by atoms with E-state index in [0.717, 1.165) is 27.7 Å². The van der Waals surface area contributed by atoms with E-state index in [1.807, 2.05) is 0 Å². The number of aliphatic hydroxyl groups excluding tert-OH is 19. The first-order valence-corrected chi connectivity index (χ1v) is 28.3. The van der Waals surface area contributed by atoms with Crippen LogP contribution in [0.25, 0.3) is 0 Å². The molecule has 5 fully saturated rings. The number of carboxylic acids is 2. The van der Waals surface area contributed by atoms with Crippen LogP contribution in [0.3, 0.4) is 0 Å². The van der Waals surface area contributed by atoms with Gasteiger partial charge in [0.25, 0.3) is 11.6 Å². The van der Waals surface area contributed by atoms with Gasteiger partial charge in [0, 0.05) is 40.5 Å². The fourth-order valence-electron chi connectivity index (χ4n) is 11.0. The Morgan fingerprint density at radius 1 is 0.495 bits per heavy atom. The average Bonchev–Trinajstić information content (AvgIpc) is 0.797.